The molecule has 5 nitrogen and oxygen atoms in total. The molecule has 2 N–H and O–H groups in total. The molecule has 1 fully saturated rings. The second-order valence-corrected chi connectivity index (χ2v) is 6.24. The largest absolute Gasteiger partial charge is 0.492 e. The molecule has 3 heterocycles. The lowest BCUT2D eigenvalue weighted by Crippen LogP contribution is -2.45. The number of rotatable bonds is 4. The molecule has 1 aromatic rings. The van der Waals surface area contributed by atoms with E-state index in [1.54, 1.807) is 0 Å². The summed E-state index contributed by atoms with van der Waals surface area (Å²) >= 11 is 0. The Balaban J connectivity index is 1.51. The summed E-state index contributed by atoms with van der Waals surface area (Å²) in [7, 11) is 2.11. The van der Waals surface area contributed by atoms with Gasteiger partial charge in [0.25, 0.3) is 0 Å². The van der Waals surface area contributed by atoms with Crippen molar-refractivity contribution in [1.82, 2.24) is 15.2 Å². The predicted octanol–water partition coefficient (Wildman–Crippen LogP) is 0.809. The Morgan fingerprint density at radius 1 is 1.52 bits per heavy atom. The number of aryl methyl sites for hydroxylation is 1. The van der Waals surface area contributed by atoms with Gasteiger partial charge in [-0.2, -0.15) is 0 Å². The van der Waals surface area contributed by atoms with Crippen LogP contribution in [0.25, 0.3) is 0 Å². The van der Waals surface area contributed by atoms with Crippen LogP contribution in [0.1, 0.15) is 24.1 Å². The summed E-state index contributed by atoms with van der Waals surface area (Å²) in [6.45, 7) is 4.34. The third-order valence-electron chi connectivity index (χ3n) is 4.46. The molecule has 116 valence electrons. The highest BCUT2D eigenvalue weighted by Crippen LogP contribution is 2.24. The fourth-order valence-corrected chi connectivity index (χ4v) is 3.19. The highest BCUT2D eigenvalue weighted by atomic mass is 16.5. The van der Waals surface area contributed by atoms with Crippen LogP contribution in [0.2, 0.25) is 0 Å². The van der Waals surface area contributed by atoms with Crippen LogP contribution >= 0.6 is 0 Å². The van der Waals surface area contributed by atoms with Crippen LogP contribution in [-0.4, -0.2) is 54.4 Å². The molecule has 0 radical (unpaired) electrons. The van der Waals surface area contributed by atoms with E-state index >= 15 is 0 Å². The molecule has 0 bridgehead atoms. The highest BCUT2D eigenvalue weighted by molar-refractivity contribution is 5.33. The summed E-state index contributed by atoms with van der Waals surface area (Å²) in [4.78, 5) is 6.73. The molecule has 2 aliphatic heterocycles. The number of aliphatic hydroxyl groups is 1. The monoisotopic (exact) mass is 291 g/mol. The van der Waals surface area contributed by atoms with E-state index in [1.807, 2.05) is 6.20 Å². The summed E-state index contributed by atoms with van der Waals surface area (Å²) in [6, 6.07) is 2.14. The lowest BCUT2D eigenvalue weighted by Gasteiger charge is -2.34. The van der Waals surface area contributed by atoms with Gasteiger partial charge < -0.3 is 20.1 Å². The van der Waals surface area contributed by atoms with Crippen LogP contribution in [0.15, 0.2) is 12.3 Å². The van der Waals surface area contributed by atoms with Crippen molar-refractivity contribution in [3.63, 3.8) is 0 Å². The number of hydrogen-bond donors (Lipinski definition) is 2. The lowest BCUT2D eigenvalue weighted by atomic mass is 9.95. The van der Waals surface area contributed by atoms with E-state index in [0.717, 1.165) is 63.5 Å². The van der Waals surface area contributed by atoms with Gasteiger partial charge in [-0.1, -0.05) is 0 Å². The van der Waals surface area contributed by atoms with Crippen LogP contribution in [0.3, 0.4) is 0 Å². The minimum absolute atomic E-state index is 0.182. The number of piperidine rings is 1. The van der Waals surface area contributed by atoms with Crippen LogP contribution in [0.5, 0.6) is 5.75 Å². The van der Waals surface area contributed by atoms with Gasteiger partial charge in [0, 0.05) is 32.1 Å². The number of nitrogens with zero attached hydrogens (tertiary/aromatic N) is 2. The zero-order valence-electron chi connectivity index (χ0n) is 12.7. The Morgan fingerprint density at radius 2 is 2.43 bits per heavy atom. The molecule has 0 aliphatic carbocycles. The van der Waals surface area contributed by atoms with Crippen LogP contribution < -0.4 is 10.1 Å². The van der Waals surface area contributed by atoms with Gasteiger partial charge in [0.1, 0.15) is 5.75 Å². The zero-order chi connectivity index (χ0) is 14.7. The van der Waals surface area contributed by atoms with Gasteiger partial charge in [-0.25, -0.2) is 0 Å². The molecule has 1 saturated heterocycles. The number of aromatic nitrogens is 1. The molecule has 2 unspecified atom stereocenters. The molecule has 2 aliphatic rings. The number of hydrogen-bond acceptors (Lipinski definition) is 5. The van der Waals surface area contributed by atoms with Crippen molar-refractivity contribution < 1.29 is 9.84 Å². The van der Waals surface area contributed by atoms with E-state index < -0.39 is 0 Å². The lowest BCUT2D eigenvalue weighted by molar-refractivity contribution is 0.0364. The van der Waals surface area contributed by atoms with Crippen molar-refractivity contribution >= 4 is 0 Å². The van der Waals surface area contributed by atoms with Crippen LogP contribution in [-0.2, 0) is 13.0 Å². The predicted molar refractivity (Wildman–Crippen MR) is 81.4 cm³/mol. The van der Waals surface area contributed by atoms with Gasteiger partial charge in [0.05, 0.1) is 24.6 Å². The summed E-state index contributed by atoms with van der Waals surface area (Å²) in [6.07, 6.45) is 4.70. The third kappa shape index (κ3) is 3.73. The zero-order valence-corrected chi connectivity index (χ0v) is 12.7. The molecule has 0 aromatic carbocycles. The average Bonchev–Trinajstić information content (AvgIpc) is 2.50. The maximum absolute atomic E-state index is 10.0. The van der Waals surface area contributed by atoms with E-state index in [-0.39, 0.29) is 6.10 Å². The number of aliphatic hydroxyl groups excluding tert-OH is 1. The Hall–Kier alpha value is -1.17. The fraction of sp³-hybridized carbons (Fsp3) is 0.688. The molecular formula is C16H25N3O2. The van der Waals surface area contributed by atoms with Crippen molar-refractivity contribution in [3.05, 3.63) is 23.5 Å². The van der Waals surface area contributed by atoms with Crippen LogP contribution in [0.4, 0.5) is 0 Å². The SMILES string of the molecule is CN1CCC(O)C(CNCc2cc3c(cn2)OCCC3)C1. The highest BCUT2D eigenvalue weighted by Gasteiger charge is 2.25. The first-order valence-electron chi connectivity index (χ1n) is 7.90. The van der Waals surface area contributed by atoms with Crippen molar-refractivity contribution in [1.29, 1.82) is 0 Å². The summed E-state index contributed by atoms with van der Waals surface area (Å²) < 4.78 is 5.58. The topological polar surface area (TPSA) is 57.6 Å². The third-order valence-corrected chi connectivity index (χ3v) is 4.46. The first-order valence-corrected chi connectivity index (χ1v) is 7.90. The summed E-state index contributed by atoms with van der Waals surface area (Å²) in [5, 5.41) is 13.5. The molecule has 0 amide bonds. The van der Waals surface area contributed by atoms with E-state index in [9.17, 15) is 5.11 Å². The van der Waals surface area contributed by atoms with E-state index in [4.69, 9.17) is 4.74 Å². The van der Waals surface area contributed by atoms with Crippen molar-refractivity contribution in [2.24, 2.45) is 5.92 Å². The first kappa shape index (κ1) is 14.8. The standard InChI is InChI=1S/C16H25N3O2/c1-19-5-4-15(20)13(11-19)8-17-9-14-7-12-3-2-6-21-16(12)10-18-14/h7,10,13,15,17,20H,2-6,8-9,11H2,1H3. The van der Waals surface area contributed by atoms with Gasteiger partial charge in [-0.3, -0.25) is 4.98 Å². The maximum atomic E-state index is 10.0. The Bertz CT molecular complexity index is 481. The number of fused-ring (bicyclic) bond motifs is 1. The van der Waals surface area contributed by atoms with Crippen molar-refractivity contribution in [2.75, 3.05) is 33.3 Å². The minimum atomic E-state index is -0.182. The molecule has 21 heavy (non-hydrogen) atoms. The molecule has 3 rings (SSSR count). The summed E-state index contributed by atoms with van der Waals surface area (Å²) in [5.41, 5.74) is 2.32. The molecule has 1 aromatic heterocycles. The van der Waals surface area contributed by atoms with Gasteiger partial charge in [0.15, 0.2) is 0 Å². The minimum Gasteiger partial charge on any atom is -0.492 e. The molecule has 2 atom stereocenters. The molecular weight excluding hydrogens is 266 g/mol. The van der Waals surface area contributed by atoms with E-state index in [2.05, 4.69) is 28.3 Å². The normalized spacial score (nSPS) is 26.2. The quantitative estimate of drug-likeness (QED) is 0.860. The van der Waals surface area contributed by atoms with E-state index in [0.29, 0.717) is 5.92 Å². The van der Waals surface area contributed by atoms with Gasteiger partial charge in [-0.05, 0) is 37.9 Å². The second kappa shape index (κ2) is 6.73. The van der Waals surface area contributed by atoms with Gasteiger partial charge in [-0.15, -0.1) is 0 Å². The number of ether oxygens (including phenoxy) is 1. The number of likely N-dealkylation sites (tertiary alicyclic amines) is 1. The second-order valence-electron chi connectivity index (χ2n) is 6.24. The van der Waals surface area contributed by atoms with Crippen molar-refractivity contribution in [3.8, 4) is 5.75 Å². The maximum Gasteiger partial charge on any atom is 0.140 e. The molecule has 0 saturated carbocycles. The Kier molecular flexibility index (Phi) is 4.73. The van der Waals surface area contributed by atoms with Crippen LogP contribution in [0, 0.1) is 5.92 Å². The smallest absolute Gasteiger partial charge is 0.140 e. The number of pyridine rings is 1. The number of nitrogens with one attached hydrogen (secondary N) is 1. The Labute approximate surface area is 126 Å². The first-order chi connectivity index (χ1) is 10.2. The molecule has 0 spiro atoms. The van der Waals surface area contributed by atoms with Gasteiger partial charge >= 0.3 is 0 Å². The fourth-order valence-electron chi connectivity index (χ4n) is 3.19. The Morgan fingerprint density at radius 3 is 3.33 bits per heavy atom. The van der Waals surface area contributed by atoms with E-state index in [1.165, 1.54) is 5.56 Å². The van der Waals surface area contributed by atoms with Crippen molar-refractivity contribution in [2.45, 2.75) is 31.9 Å². The summed E-state index contributed by atoms with van der Waals surface area (Å²) in [5.74, 6) is 1.25. The molecule has 5 heteroatoms. The van der Waals surface area contributed by atoms with Gasteiger partial charge in [0.2, 0.25) is 0 Å². The average molecular weight is 291 g/mol.